The second kappa shape index (κ2) is 6.14. The summed E-state index contributed by atoms with van der Waals surface area (Å²) in [6.07, 6.45) is -4.70. The highest BCUT2D eigenvalue weighted by Gasteiger charge is 2.34. The molecule has 0 aliphatic heterocycles. The van der Waals surface area contributed by atoms with Gasteiger partial charge in [0.1, 0.15) is 12.2 Å². The van der Waals surface area contributed by atoms with Crippen LogP contribution in [0.3, 0.4) is 0 Å². The Kier molecular flexibility index (Phi) is 4.81. The van der Waals surface area contributed by atoms with Gasteiger partial charge in [0, 0.05) is 5.56 Å². The summed E-state index contributed by atoms with van der Waals surface area (Å²) in [5.74, 6) is 4.09. The minimum absolute atomic E-state index is 0.150. The summed E-state index contributed by atoms with van der Waals surface area (Å²) in [6, 6.07) is 3.45. The van der Waals surface area contributed by atoms with Crippen LogP contribution in [0.4, 0.5) is 13.2 Å². The van der Waals surface area contributed by atoms with E-state index < -0.39 is 17.7 Å². The SMILES string of the molecule is COC(=O)CC#Cc1ccc(OC)c(C(F)(F)F)c1. The molecule has 19 heavy (non-hydrogen) atoms. The Balaban J connectivity index is 3.02. The monoisotopic (exact) mass is 272 g/mol. The number of rotatable bonds is 2. The van der Waals surface area contributed by atoms with Crippen LogP contribution in [-0.2, 0) is 15.7 Å². The van der Waals surface area contributed by atoms with Gasteiger partial charge >= 0.3 is 12.1 Å². The summed E-state index contributed by atoms with van der Waals surface area (Å²) >= 11 is 0. The Morgan fingerprint density at radius 2 is 2.00 bits per heavy atom. The summed E-state index contributed by atoms with van der Waals surface area (Å²) in [4.78, 5) is 10.8. The van der Waals surface area contributed by atoms with E-state index in [1.54, 1.807) is 0 Å². The lowest BCUT2D eigenvalue weighted by molar-refractivity contribution is -0.140. The predicted octanol–water partition coefficient (Wildman–Crippen LogP) is 2.63. The lowest BCUT2D eigenvalue weighted by Crippen LogP contribution is -2.07. The summed E-state index contributed by atoms with van der Waals surface area (Å²) in [7, 11) is 2.37. The van der Waals surface area contributed by atoms with Gasteiger partial charge in [-0.25, -0.2) is 0 Å². The van der Waals surface area contributed by atoms with Gasteiger partial charge < -0.3 is 9.47 Å². The van der Waals surface area contributed by atoms with Gasteiger partial charge in [-0.2, -0.15) is 13.2 Å². The van der Waals surface area contributed by atoms with E-state index in [-0.39, 0.29) is 17.7 Å². The Bertz CT molecular complexity index is 524. The van der Waals surface area contributed by atoms with Crippen LogP contribution in [-0.4, -0.2) is 20.2 Å². The van der Waals surface area contributed by atoms with Crippen molar-refractivity contribution >= 4 is 5.97 Å². The number of esters is 1. The lowest BCUT2D eigenvalue weighted by atomic mass is 10.1. The molecule has 0 aliphatic carbocycles. The number of alkyl halides is 3. The number of benzene rings is 1. The van der Waals surface area contributed by atoms with Crippen molar-refractivity contribution in [2.24, 2.45) is 0 Å². The first-order chi connectivity index (χ1) is 8.88. The van der Waals surface area contributed by atoms with Crippen molar-refractivity contribution in [3.63, 3.8) is 0 Å². The molecule has 0 unspecified atom stereocenters. The molecule has 0 spiro atoms. The molecule has 0 fully saturated rings. The van der Waals surface area contributed by atoms with Crippen molar-refractivity contribution in [2.45, 2.75) is 12.6 Å². The van der Waals surface area contributed by atoms with Crippen LogP contribution >= 0.6 is 0 Å². The minimum atomic E-state index is -4.52. The number of hydrogen-bond donors (Lipinski definition) is 0. The minimum Gasteiger partial charge on any atom is -0.496 e. The molecule has 0 radical (unpaired) electrons. The predicted molar refractivity (Wildman–Crippen MR) is 61.5 cm³/mol. The highest BCUT2D eigenvalue weighted by molar-refractivity contribution is 5.72. The first-order valence-corrected chi connectivity index (χ1v) is 5.19. The van der Waals surface area contributed by atoms with E-state index >= 15 is 0 Å². The maximum absolute atomic E-state index is 12.7. The maximum atomic E-state index is 12.7. The number of methoxy groups -OCH3 is 2. The first kappa shape index (κ1) is 14.9. The fraction of sp³-hybridized carbons (Fsp3) is 0.308. The third-order valence-corrected chi connectivity index (χ3v) is 2.20. The zero-order valence-electron chi connectivity index (χ0n) is 10.3. The van der Waals surface area contributed by atoms with E-state index in [0.717, 1.165) is 13.2 Å². The highest BCUT2D eigenvalue weighted by atomic mass is 19.4. The second-order valence-electron chi connectivity index (χ2n) is 3.47. The van der Waals surface area contributed by atoms with Gasteiger partial charge in [-0.05, 0) is 18.2 Å². The highest BCUT2D eigenvalue weighted by Crippen LogP contribution is 2.36. The molecule has 6 heteroatoms. The molecule has 1 aromatic carbocycles. The van der Waals surface area contributed by atoms with Crippen molar-refractivity contribution in [2.75, 3.05) is 14.2 Å². The Labute approximate surface area is 108 Å². The average molecular weight is 272 g/mol. The molecule has 0 aliphatic rings. The average Bonchev–Trinajstić information content (AvgIpc) is 2.37. The molecule has 0 atom stereocenters. The topological polar surface area (TPSA) is 35.5 Å². The van der Waals surface area contributed by atoms with E-state index in [2.05, 4.69) is 21.3 Å². The summed E-state index contributed by atoms with van der Waals surface area (Å²) < 4.78 is 47.2. The standard InChI is InChI=1S/C13H11F3O3/c1-18-11-7-6-9(4-3-5-12(17)19-2)8-10(11)13(14,15)16/h6-8H,5H2,1-2H3. The summed E-state index contributed by atoms with van der Waals surface area (Å²) in [5, 5.41) is 0. The molecule has 3 nitrogen and oxygen atoms in total. The number of halogens is 3. The van der Waals surface area contributed by atoms with Crippen LogP contribution in [0, 0.1) is 11.8 Å². The van der Waals surface area contributed by atoms with Crippen LogP contribution in [0.1, 0.15) is 17.5 Å². The molecule has 0 saturated carbocycles. The molecule has 102 valence electrons. The van der Waals surface area contributed by atoms with Gasteiger partial charge in [0.15, 0.2) is 0 Å². The fourth-order valence-electron chi connectivity index (χ4n) is 1.30. The second-order valence-corrected chi connectivity index (χ2v) is 3.47. The van der Waals surface area contributed by atoms with E-state index in [1.807, 2.05) is 0 Å². The van der Waals surface area contributed by atoms with Crippen molar-refractivity contribution in [3.05, 3.63) is 29.3 Å². The van der Waals surface area contributed by atoms with Crippen molar-refractivity contribution < 1.29 is 27.4 Å². The molecule has 0 amide bonds. The Morgan fingerprint density at radius 1 is 1.32 bits per heavy atom. The zero-order valence-corrected chi connectivity index (χ0v) is 10.3. The molecule has 0 N–H and O–H groups in total. The normalized spacial score (nSPS) is 10.4. The van der Waals surface area contributed by atoms with E-state index in [1.165, 1.54) is 19.2 Å². The Morgan fingerprint density at radius 3 is 2.53 bits per heavy atom. The molecule has 0 bridgehead atoms. The first-order valence-electron chi connectivity index (χ1n) is 5.19. The third-order valence-electron chi connectivity index (χ3n) is 2.20. The fourth-order valence-corrected chi connectivity index (χ4v) is 1.30. The van der Waals surface area contributed by atoms with Gasteiger partial charge in [-0.3, -0.25) is 4.79 Å². The van der Waals surface area contributed by atoms with Crippen LogP contribution in [0.25, 0.3) is 0 Å². The number of hydrogen-bond acceptors (Lipinski definition) is 3. The largest absolute Gasteiger partial charge is 0.496 e. The number of carbonyl (C=O) groups excluding carboxylic acids is 1. The molecule has 1 aromatic rings. The van der Waals surface area contributed by atoms with Gasteiger partial charge in [0.05, 0.1) is 19.8 Å². The van der Waals surface area contributed by atoms with Crippen molar-refractivity contribution in [1.82, 2.24) is 0 Å². The van der Waals surface area contributed by atoms with Gasteiger partial charge in [0.25, 0.3) is 0 Å². The smallest absolute Gasteiger partial charge is 0.420 e. The molecular weight excluding hydrogens is 261 g/mol. The Hall–Kier alpha value is -2.16. The summed E-state index contributed by atoms with van der Waals surface area (Å²) in [6.45, 7) is 0. The van der Waals surface area contributed by atoms with Crippen molar-refractivity contribution in [1.29, 1.82) is 0 Å². The molecule has 0 heterocycles. The van der Waals surface area contributed by atoms with E-state index in [0.29, 0.717) is 0 Å². The van der Waals surface area contributed by atoms with Gasteiger partial charge in [0.2, 0.25) is 0 Å². The van der Waals surface area contributed by atoms with Crippen LogP contribution in [0.2, 0.25) is 0 Å². The van der Waals surface area contributed by atoms with Gasteiger partial charge in [-0.1, -0.05) is 11.8 Å². The summed E-state index contributed by atoms with van der Waals surface area (Å²) in [5.41, 5.74) is -0.753. The quantitative estimate of drug-likeness (QED) is 0.613. The van der Waals surface area contributed by atoms with E-state index in [4.69, 9.17) is 0 Å². The van der Waals surface area contributed by atoms with Gasteiger partial charge in [-0.15, -0.1) is 0 Å². The number of carbonyl (C=O) groups is 1. The number of ether oxygens (including phenoxy) is 2. The van der Waals surface area contributed by atoms with Crippen LogP contribution in [0.15, 0.2) is 18.2 Å². The maximum Gasteiger partial charge on any atom is 0.420 e. The molecule has 0 aromatic heterocycles. The van der Waals surface area contributed by atoms with Crippen LogP contribution < -0.4 is 4.74 Å². The van der Waals surface area contributed by atoms with E-state index in [9.17, 15) is 18.0 Å². The zero-order chi connectivity index (χ0) is 14.5. The lowest BCUT2D eigenvalue weighted by Gasteiger charge is -2.11. The van der Waals surface area contributed by atoms with Crippen molar-refractivity contribution in [3.8, 4) is 17.6 Å². The third kappa shape index (κ3) is 4.21. The molecular formula is C13H11F3O3. The van der Waals surface area contributed by atoms with Crippen LogP contribution in [0.5, 0.6) is 5.75 Å². The molecule has 0 saturated heterocycles. The molecule has 1 rings (SSSR count).